The molecule has 1 aromatic carbocycles. The molecule has 1 aliphatic heterocycles. The van der Waals surface area contributed by atoms with E-state index in [4.69, 9.17) is 19.9 Å². The van der Waals surface area contributed by atoms with E-state index in [1.165, 1.54) is 5.56 Å². The Morgan fingerprint density at radius 3 is 2.65 bits per heavy atom. The predicted octanol–water partition coefficient (Wildman–Crippen LogP) is 2.24. The molecular weight excluding hydrogens is 254 g/mol. The van der Waals surface area contributed by atoms with Gasteiger partial charge in [0.05, 0.1) is 20.3 Å². The molecule has 4 heteroatoms. The zero-order valence-corrected chi connectivity index (χ0v) is 12.1. The van der Waals surface area contributed by atoms with E-state index in [9.17, 15) is 0 Å². The largest absolute Gasteiger partial charge is 0.493 e. The number of benzene rings is 1. The molecule has 1 heterocycles. The highest BCUT2D eigenvalue weighted by atomic mass is 16.5. The molecule has 1 saturated carbocycles. The smallest absolute Gasteiger partial charge is 0.164 e. The van der Waals surface area contributed by atoms with Crippen LogP contribution in [0.1, 0.15) is 31.2 Å². The Hall–Kier alpha value is -1.26. The van der Waals surface area contributed by atoms with Crippen molar-refractivity contribution in [3.63, 3.8) is 0 Å². The molecule has 1 aromatic rings. The summed E-state index contributed by atoms with van der Waals surface area (Å²) in [5, 5.41) is 0. The van der Waals surface area contributed by atoms with Crippen LogP contribution in [0.2, 0.25) is 0 Å². The van der Waals surface area contributed by atoms with E-state index in [0.717, 1.165) is 50.4 Å². The molecule has 0 spiro atoms. The molecule has 110 valence electrons. The van der Waals surface area contributed by atoms with Crippen LogP contribution < -0.4 is 15.2 Å². The molecule has 1 saturated heterocycles. The van der Waals surface area contributed by atoms with Gasteiger partial charge < -0.3 is 19.9 Å². The predicted molar refractivity (Wildman–Crippen MR) is 77.4 cm³/mol. The first kappa shape index (κ1) is 13.7. The van der Waals surface area contributed by atoms with E-state index in [1.807, 2.05) is 12.1 Å². The van der Waals surface area contributed by atoms with Crippen molar-refractivity contribution in [1.82, 2.24) is 0 Å². The summed E-state index contributed by atoms with van der Waals surface area (Å²) >= 11 is 0. The average molecular weight is 277 g/mol. The molecule has 2 N–H and O–H groups in total. The first-order valence-electron chi connectivity index (χ1n) is 7.41. The van der Waals surface area contributed by atoms with E-state index >= 15 is 0 Å². The second-order valence-electron chi connectivity index (χ2n) is 5.75. The highest BCUT2D eigenvalue weighted by Crippen LogP contribution is 2.52. The molecule has 0 radical (unpaired) electrons. The standard InChI is InChI=1S/C16H23NO3/c1-18-15-13(16(11-17)7-8-16)3-2-4-14(15)20-12-5-9-19-10-6-12/h2-4,12H,5-11,17H2,1H3. The molecule has 0 aromatic heterocycles. The lowest BCUT2D eigenvalue weighted by atomic mass is 9.94. The second kappa shape index (κ2) is 5.62. The van der Waals surface area contributed by atoms with Crippen LogP contribution in [0, 0.1) is 0 Å². The molecule has 2 fully saturated rings. The van der Waals surface area contributed by atoms with Crippen molar-refractivity contribution in [3.05, 3.63) is 23.8 Å². The van der Waals surface area contributed by atoms with Gasteiger partial charge in [-0.3, -0.25) is 0 Å². The van der Waals surface area contributed by atoms with E-state index in [-0.39, 0.29) is 11.5 Å². The van der Waals surface area contributed by atoms with Gasteiger partial charge in [-0.25, -0.2) is 0 Å². The van der Waals surface area contributed by atoms with E-state index in [1.54, 1.807) is 7.11 Å². The fourth-order valence-electron chi connectivity index (χ4n) is 2.94. The number of ether oxygens (including phenoxy) is 3. The van der Waals surface area contributed by atoms with Crippen molar-refractivity contribution in [2.75, 3.05) is 26.9 Å². The Morgan fingerprint density at radius 2 is 2.05 bits per heavy atom. The van der Waals surface area contributed by atoms with Crippen LogP contribution in [0.4, 0.5) is 0 Å². The summed E-state index contributed by atoms with van der Waals surface area (Å²) in [6.45, 7) is 2.23. The lowest BCUT2D eigenvalue weighted by molar-refractivity contribution is 0.0245. The van der Waals surface area contributed by atoms with Gasteiger partial charge in [-0.1, -0.05) is 12.1 Å². The third-order valence-electron chi connectivity index (χ3n) is 4.46. The van der Waals surface area contributed by atoms with E-state index in [2.05, 4.69) is 6.07 Å². The van der Waals surface area contributed by atoms with Gasteiger partial charge in [-0.15, -0.1) is 0 Å². The van der Waals surface area contributed by atoms with E-state index < -0.39 is 0 Å². The second-order valence-corrected chi connectivity index (χ2v) is 5.75. The molecule has 1 aliphatic carbocycles. The number of methoxy groups -OCH3 is 1. The van der Waals surface area contributed by atoms with Crippen LogP contribution in [-0.4, -0.2) is 33.0 Å². The molecule has 4 nitrogen and oxygen atoms in total. The van der Waals surface area contributed by atoms with Crippen LogP contribution in [0.15, 0.2) is 18.2 Å². The number of nitrogens with two attached hydrogens (primary N) is 1. The topological polar surface area (TPSA) is 53.7 Å². The molecule has 0 unspecified atom stereocenters. The van der Waals surface area contributed by atoms with Gasteiger partial charge >= 0.3 is 0 Å². The van der Waals surface area contributed by atoms with Crippen molar-refractivity contribution in [2.45, 2.75) is 37.2 Å². The average Bonchev–Trinajstić information content (AvgIpc) is 3.29. The first-order chi connectivity index (χ1) is 9.79. The normalized spacial score (nSPS) is 21.5. The fourth-order valence-corrected chi connectivity index (χ4v) is 2.94. The Balaban J connectivity index is 1.85. The number of hydrogen-bond donors (Lipinski definition) is 1. The van der Waals surface area contributed by atoms with E-state index in [0.29, 0.717) is 6.54 Å². The summed E-state index contributed by atoms with van der Waals surface area (Å²) in [6.07, 6.45) is 4.38. The molecule has 0 amide bonds. The Morgan fingerprint density at radius 1 is 1.30 bits per heavy atom. The SMILES string of the molecule is COc1c(OC2CCOCC2)cccc1C1(CN)CC1. The number of para-hydroxylation sites is 1. The Bertz CT molecular complexity index is 465. The van der Waals surface area contributed by atoms with Gasteiger partial charge in [0.25, 0.3) is 0 Å². The number of rotatable bonds is 5. The summed E-state index contributed by atoms with van der Waals surface area (Å²) in [5.41, 5.74) is 7.26. The Labute approximate surface area is 120 Å². The monoisotopic (exact) mass is 277 g/mol. The van der Waals surface area contributed by atoms with Crippen molar-refractivity contribution in [3.8, 4) is 11.5 Å². The van der Waals surface area contributed by atoms with Crippen molar-refractivity contribution >= 4 is 0 Å². The lowest BCUT2D eigenvalue weighted by Gasteiger charge is -2.26. The summed E-state index contributed by atoms with van der Waals surface area (Å²) in [4.78, 5) is 0. The molecular formula is C16H23NO3. The zero-order valence-electron chi connectivity index (χ0n) is 12.1. The van der Waals surface area contributed by atoms with Crippen molar-refractivity contribution in [1.29, 1.82) is 0 Å². The quantitative estimate of drug-likeness (QED) is 0.897. The highest BCUT2D eigenvalue weighted by molar-refractivity contribution is 5.52. The maximum atomic E-state index is 6.14. The minimum Gasteiger partial charge on any atom is -0.493 e. The van der Waals surface area contributed by atoms with Gasteiger partial charge in [0.2, 0.25) is 0 Å². The molecule has 0 atom stereocenters. The molecule has 2 aliphatic rings. The van der Waals surface area contributed by atoms with Crippen molar-refractivity contribution in [2.24, 2.45) is 5.73 Å². The van der Waals surface area contributed by atoms with Crippen molar-refractivity contribution < 1.29 is 14.2 Å². The fraction of sp³-hybridized carbons (Fsp3) is 0.625. The van der Waals surface area contributed by atoms with Crippen LogP contribution in [0.25, 0.3) is 0 Å². The summed E-state index contributed by atoms with van der Waals surface area (Å²) < 4.78 is 17.1. The zero-order chi connectivity index (χ0) is 14.0. The van der Waals surface area contributed by atoms with Gasteiger partial charge in [0.15, 0.2) is 11.5 Å². The summed E-state index contributed by atoms with van der Waals surface area (Å²) in [5.74, 6) is 1.71. The molecule has 0 bridgehead atoms. The van der Waals surface area contributed by atoms with Crippen LogP contribution >= 0.6 is 0 Å². The summed E-state index contributed by atoms with van der Waals surface area (Å²) in [7, 11) is 1.71. The molecule has 3 rings (SSSR count). The Kier molecular flexibility index (Phi) is 3.85. The van der Waals surface area contributed by atoms with Crippen LogP contribution in [0.3, 0.4) is 0 Å². The van der Waals surface area contributed by atoms with Gasteiger partial charge in [-0.2, -0.15) is 0 Å². The first-order valence-corrected chi connectivity index (χ1v) is 7.41. The van der Waals surface area contributed by atoms with Crippen LogP contribution in [0.5, 0.6) is 11.5 Å². The van der Waals surface area contributed by atoms with Gasteiger partial charge in [0, 0.05) is 30.4 Å². The third kappa shape index (κ3) is 2.50. The van der Waals surface area contributed by atoms with Gasteiger partial charge in [-0.05, 0) is 18.9 Å². The third-order valence-corrected chi connectivity index (χ3v) is 4.46. The van der Waals surface area contributed by atoms with Crippen LogP contribution in [-0.2, 0) is 10.2 Å². The van der Waals surface area contributed by atoms with Gasteiger partial charge in [0.1, 0.15) is 6.10 Å². The molecule has 20 heavy (non-hydrogen) atoms. The minimum atomic E-state index is 0.111. The lowest BCUT2D eigenvalue weighted by Crippen LogP contribution is -2.26. The number of hydrogen-bond acceptors (Lipinski definition) is 4. The minimum absolute atomic E-state index is 0.111. The summed E-state index contributed by atoms with van der Waals surface area (Å²) in [6, 6.07) is 6.15. The maximum Gasteiger partial charge on any atom is 0.164 e. The highest BCUT2D eigenvalue weighted by Gasteiger charge is 2.45. The maximum absolute atomic E-state index is 6.14.